The average Bonchev–Trinajstić information content (AvgIpc) is 3.25. The number of pyridine rings is 2. The molecule has 1 atom stereocenters. The summed E-state index contributed by atoms with van der Waals surface area (Å²) in [5, 5.41) is 8.00. The zero-order valence-electron chi connectivity index (χ0n) is 15.8. The van der Waals surface area contributed by atoms with Crippen molar-refractivity contribution in [2.45, 2.75) is 25.9 Å². The highest BCUT2D eigenvalue weighted by Gasteiger charge is 2.39. The number of anilines is 1. The number of carbonyl (C=O) groups excluding carboxylic acids is 1. The molecule has 1 fully saturated rings. The van der Waals surface area contributed by atoms with Crippen LogP contribution < -0.4 is 10.1 Å². The highest BCUT2D eigenvalue weighted by atomic mass is 19.1. The van der Waals surface area contributed by atoms with Crippen LogP contribution in [0.3, 0.4) is 0 Å². The molecular weight excluding hydrogens is 365 g/mol. The summed E-state index contributed by atoms with van der Waals surface area (Å²) >= 11 is 0. The molecule has 146 valence electrons. The maximum absolute atomic E-state index is 15.3. The summed E-state index contributed by atoms with van der Waals surface area (Å²) in [6.45, 7) is 3.57. The number of hydrogen-bond acceptors (Lipinski definition) is 6. The second-order valence-corrected chi connectivity index (χ2v) is 6.78. The van der Waals surface area contributed by atoms with E-state index < -0.39 is 5.67 Å². The highest BCUT2D eigenvalue weighted by molar-refractivity contribution is 5.91. The van der Waals surface area contributed by atoms with Crippen LogP contribution in [0, 0.1) is 6.92 Å². The SMILES string of the molecule is COc1cc(-n2nc(C)c3cnc(NC(C)=O)cc32)nc([C@]2(F)CCOC2)c1. The molecule has 8 nitrogen and oxygen atoms in total. The van der Waals surface area contributed by atoms with E-state index in [4.69, 9.17) is 9.47 Å². The number of carbonyl (C=O) groups is 1. The number of hydrogen-bond donors (Lipinski definition) is 1. The molecule has 1 amide bonds. The molecule has 0 unspecified atom stereocenters. The summed E-state index contributed by atoms with van der Waals surface area (Å²) in [7, 11) is 1.52. The molecule has 0 radical (unpaired) electrons. The number of ether oxygens (including phenoxy) is 2. The van der Waals surface area contributed by atoms with Gasteiger partial charge < -0.3 is 14.8 Å². The van der Waals surface area contributed by atoms with E-state index in [1.807, 2.05) is 6.92 Å². The van der Waals surface area contributed by atoms with Crippen molar-refractivity contribution in [3.8, 4) is 11.6 Å². The Labute approximate surface area is 160 Å². The van der Waals surface area contributed by atoms with Crippen molar-refractivity contribution in [1.82, 2.24) is 19.7 Å². The normalized spacial score (nSPS) is 19.1. The number of amides is 1. The van der Waals surface area contributed by atoms with Gasteiger partial charge in [0.2, 0.25) is 5.91 Å². The molecule has 1 N–H and O–H groups in total. The van der Waals surface area contributed by atoms with Gasteiger partial charge in [-0.2, -0.15) is 5.10 Å². The highest BCUT2D eigenvalue weighted by Crippen LogP contribution is 2.36. The minimum atomic E-state index is -1.66. The summed E-state index contributed by atoms with van der Waals surface area (Å²) in [5.74, 6) is 1.06. The van der Waals surface area contributed by atoms with Crippen LogP contribution in [0.2, 0.25) is 0 Å². The lowest BCUT2D eigenvalue weighted by Crippen LogP contribution is -2.22. The zero-order valence-corrected chi connectivity index (χ0v) is 15.8. The second kappa shape index (κ2) is 6.83. The Hall–Kier alpha value is -3.07. The van der Waals surface area contributed by atoms with Crippen LogP contribution in [0.4, 0.5) is 10.2 Å². The van der Waals surface area contributed by atoms with Crippen LogP contribution in [0.5, 0.6) is 5.75 Å². The first kappa shape index (κ1) is 18.3. The van der Waals surface area contributed by atoms with E-state index >= 15 is 4.39 Å². The van der Waals surface area contributed by atoms with Crippen molar-refractivity contribution < 1.29 is 18.7 Å². The molecule has 3 aromatic heterocycles. The smallest absolute Gasteiger partial charge is 0.222 e. The first-order valence-electron chi connectivity index (χ1n) is 8.86. The fourth-order valence-electron chi connectivity index (χ4n) is 3.27. The Morgan fingerprint density at radius 1 is 1.39 bits per heavy atom. The van der Waals surface area contributed by atoms with Crippen molar-refractivity contribution in [2.24, 2.45) is 0 Å². The predicted molar refractivity (Wildman–Crippen MR) is 100 cm³/mol. The second-order valence-electron chi connectivity index (χ2n) is 6.78. The molecule has 9 heteroatoms. The Balaban J connectivity index is 1.88. The van der Waals surface area contributed by atoms with E-state index in [2.05, 4.69) is 20.4 Å². The fourth-order valence-corrected chi connectivity index (χ4v) is 3.27. The molecule has 1 aliphatic heterocycles. The molecule has 4 rings (SSSR count). The van der Waals surface area contributed by atoms with E-state index in [1.165, 1.54) is 14.0 Å². The van der Waals surface area contributed by atoms with Gasteiger partial charge in [-0.05, 0) is 6.92 Å². The topological polar surface area (TPSA) is 91.2 Å². The number of alkyl halides is 1. The molecule has 0 saturated carbocycles. The third-order valence-electron chi connectivity index (χ3n) is 4.72. The number of rotatable bonds is 4. The third kappa shape index (κ3) is 3.18. The summed E-state index contributed by atoms with van der Waals surface area (Å²) in [5.41, 5.74) is 0.0158. The van der Waals surface area contributed by atoms with Gasteiger partial charge in [0.25, 0.3) is 0 Å². The summed E-state index contributed by atoms with van der Waals surface area (Å²) in [4.78, 5) is 20.1. The summed E-state index contributed by atoms with van der Waals surface area (Å²) < 4.78 is 27.4. The zero-order chi connectivity index (χ0) is 19.9. The number of methoxy groups -OCH3 is 1. The van der Waals surface area contributed by atoms with Gasteiger partial charge in [0.1, 0.15) is 11.6 Å². The molecule has 4 heterocycles. The van der Waals surface area contributed by atoms with E-state index in [0.29, 0.717) is 29.5 Å². The van der Waals surface area contributed by atoms with Crippen LogP contribution in [-0.2, 0) is 15.2 Å². The molecule has 0 spiro atoms. The van der Waals surface area contributed by atoms with Gasteiger partial charge in [-0.15, -0.1) is 0 Å². The van der Waals surface area contributed by atoms with Crippen molar-refractivity contribution >= 4 is 22.6 Å². The molecule has 28 heavy (non-hydrogen) atoms. The first-order valence-corrected chi connectivity index (χ1v) is 8.86. The van der Waals surface area contributed by atoms with Crippen LogP contribution in [0.25, 0.3) is 16.7 Å². The molecule has 0 aliphatic carbocycles. The molecule has 3 aromatic rings. The van der Waals surface area contributed by atoms with Crippen LogP contribution >= 0.6 is 0 Å². The number of nitrogens with one attached hydrogen (secondary N) is 1. The van der Waals surface area contributed by atoms with Crippen molar-refractivity contribution in [3.05, 3.63) is 35.8 Å². The maximum atomic E-state index is 15.3. The van der Waals surface area contributed by atoms with Gasteiger partial charge in [0.05, 0.1) is 37.2 Å². The van der Waals surface area contributed by atoms with E-state index in [0.717, 1.165) is 11.1 Å². The standard InChI is InChI=1S/C19H20FN5O3/c1-11-14-9-21-17(22-12(2)26)8-15(14)25(24-11)18-7-13(27-3)6-16(23-18)19(20)4-5-28-10-19/h6-9H,4-5,10H2,1-3H3,(H,21,22,26)/t19-/m0/s1. The number of halogens is 1. The monoisotopic (exact) mass is 385 g/mol. The van der Waals surface area contributed by atoms with E-state index in [1.54, 1.807) is 29.1 Å². The quantitative estimate of drug-likeness (QED) is 0.743. The number of aromatic nitrogens is 4. The molecule has 1 aliphatic rings. The number of nitrogens with zero attached hydrogens (tertiary/aromatic N) is 4. The average molecular weight is 385 g/mol. The van der Waals surface area contributed by atoms with Gasteiger partial charge in [0.15, 0.2) is 11.5 Å². The third-order valence-corrected chi connectivity index (χ3v) is 4.72. The van der Waals surface area contributed by atoms with Crippen molar-refractivity contribution in [3.63, 3.8) is 0 Å². The molecule has 1 saturated heterocycles. The minimum Gasteiger partial charge on any atom is -0.497 e. The Bertz CT molecular complexity index is 1060. The summed E-state index contributed by atoms with van der Waals surface area (Å²) in [6, 6.07) is 4.98. The lowest BCUT2D eigenvalue weighted by Gasteiger charge is -2.18. The number of fused-ring (bicyclic) bond motifs is 1. The summed E-state index contributed by atoms with van der Waals surface area (Å²) in [6.07, 6.45) is 1.88. The van der Waals surface area contributed by atoms with E-state index in [9.17, 15) is 4.79 Å². The predicted octanol–water partition coefficient (Wildman–Crippen LogP) is 2.68. The van der Waals surface area contributed by atoms with Gasteiger partial charge in [0, 0.05) is 43.1 Å². The minimum absolute atomic E-state index is 0.0396. The van der Waals surface area contributed by atoms with Gasteiger partial charge in [-0.25, -0.2) is 19.0 Å². The molecular formula is C19H20FN5O3. The van der Waals surface area contributed by atoms with Crippen LogP contribution in [0.15, 0.2) is 24.4 Å². The fraction of sp³-hybridized carbons (Fsp3) is 0.368. The van der Waals surface area contributed by atoms with Crippen molar-refractivity contribution in [1.29, 1.82) is 0 Å². The Morgan fingerprint density at radius 3 is 2.89 bits per heavy atom. The molecule has 0 bridgehead atoms. The number of aryl methyl sites for hydroxylation is 1. The van der Waals surface area contributed by atoms with Crippen LogP contribution in [0.1, 0.15) is 24.7 Å². The van der Waals surface area contributed by atoms with Gasteiger partial charge >= 0.3 is 0 Å². The Kier molecular flexibility index (Phi) is 4.46. The first-order chi connectivity index (χ1) is 13.4. The lowest BCUT2D eigenvalue weighted by atomic mass is 10.0. The Morgan fingerprint density at radius 2 is 2.21 bits per heavy atom. The lowest BCUT2D eigenvalue weighted by molar-refractivity contribution is -0.114. The maximum Gasteiger partial charge on any atom is 0.222 e. The van der Waals surface area contributed by atoms with Crippen LogP contribution in [-0.4, -0.2) is 46.0 Å². The van der Waals surface area contributed by atoms with Crippen molar-refractivity contribution in [2.75, 3.05) is 25.6 Å². The van der Waals surface area contributed by atoms with Gasteiger partial charge in [-0.3, -0.25) is 4.79 Å². The van der Waals surface area contributed by atoms with Gasteiger partial charge in [-0.1, -0.05) is 0 Å². The molecule has 0 aromatic carbocycles. The van der Waals surface area contributed by atoms with E-state index in [-0.39, 0.29) is 24.6 Å². The largest absolute Gasteiger partial charge is 0.497 e.